The minimum Gasteiger partial charge on any atom is -0.338 e. The number of hydrogen-bond donors (Lipinski definition) is 1. The van der Waals surface area contributed by atoms with Crippen molar-refractivity contribution in [2.24, 2.45) is 0 Å². The summed E-state index contributed by atoms with van der Waals surface area (Å²) in [6.45, 7) is 3.67. The van der Waals surface area contributed by atoms with Crippen LogP contribution in [0.15, 0.2) is 28.8 Å². The lowest BCUT2D eigenvalue weighted by Crippen LogP contribution is -2.12. The number of nitrogens with zero attached hydrogens (tertiary/aromatic N) is 1. The van der Waals surface area contributed by atoms with Gasteiger partial charge in [0.15, 0.2) is 0 Å². The van der Waals surface area contributed by atoms with Crippen LogP contribution < -0.4 is 5.32 Å². The molecule has 1 amide bonds. The lowest BCUT2D eigenvalue weighted by Gasteiger charge is -2.03. The first-order chi connectivity index (χ1) is 8.61. The number of carbonyl (C=O) groups is 1. The molecule has 0 bridgehead atoms. The Morgan fingerprint density at radius 3 is 2.50 bits per heavy atom. The Bertz CT molecular complexity index is 561. The maximum absolute atomic E-state index is 11.9. The molecule has 0 aliphatic heterocycles. The molecule has 2 rings (SSSR count). The van der Waals surface area contributed by atoms with E-state index in [4.69, 9.17) is 16.1 Å². The van der Waals surface area contributed by atoms with E-state index in [9.17, 15) is 4.79 Å². The van der Waals surface area contributed by atoms with E-state index in [1.807, 2.05) is 26.0 Å². The number of benzene rings is 1. The van der Waals surface area contributed by atoms with Gasteiger partial charge in [-0.25, -0.2) is 0 Å². The topological polar surface area (TPSA) is 55.1 Å². The first kappa shape index (κ1) is 12.6. The molecule has 0 aliphatic rings. The highest BCUT2D eigenvalue weighted by Crippen LogP contribution is 2.18. The Kier molecular flexibility index (Phi) is 3.67. The molecule has 0 fully saturated rings. The summed E-state index contributed by atoms with van der Waals surface area (Å²) < 4.78 is 5.03. The molecule has 1 aromatic carbocycles. The van der Waals surface area contributed by atoms with E-state index < -0.39 is 0 Å². The van der Waals surface area contributed by atoms with Crippen molar-refractivity contribution in [2.75, 3.05) is 5.32 Å². The zero-order valence-corrected chi connectivity index (χ0v) is 10.9. The van der Waals surface area contributed by atoms with Crippen molar-refractivity contribution in [1.29, 1.82) is 0 Å². The Morgan fingerprint density at radius 2 is 2.00 bits per heavy atom. The van der Waals surface area contributed by atoms with Crippen molar-refractivity contribution in [3.8, 4) is 0 Å². The molecule has 94 valence electrons. The average molecular weight is 265 g/mol. The third-order valence-electron chi connectivity index (χ3n) is 2.75. The molecule has 1 heterocycles. The number of anilines is 1. The maximum atomic E-state index is 11.9. The van der Waals surface area contributed by atoms with Crippen LogP contribution in [0, 0.1) is 13.8 Å². The van der Waals surface area contributed by atoms with Crippen molar-refractivity contribution in [3.05, 3.63) is 46.6 Å². The predicted octanol–water partition coefficient (Wildman–Crippen LogP) is 3.28. The Morgan fingerprint density at radius 1 is 1.33 bits per heavy atom. The van der Waals surface area contributed by atoms with Crippen LogP contribution in [0.1, 0.15) is 27.2 Å². The number of rotatable bonds is 3. The molecule has 18 heavy (non-hydrogen) atoms. The molecule has 0 radical (unpaired) electrons. The molecule has 0 atom stereocenters. The fraction of sp³-hybridized carbons (Fsp3) is 0.231. The molecule has 5 heteroatoms. The van der Waals surface area contributed by atoms with Gasteiger partial charge in [0.1, 0.15) is 0 Å². The third-order valence-corrected chi connectivity index (χ3v) is 3.06. The number of aryl methyl sites for hydroxylation is 1. The van der Waals surface area contributed by atoms with Crippen LogP contribution in [0.5, 0.6) is 0 Å². The van der Waals surface area contributed by atoms with E-state index in [2.05, 4.69) is 10.5 Å². The van der Waals surface area contributed by atoms with Gasteiger partial charge in [0.05, 0.1) is 5.69 Å². The number of hydrogen-bond acceptors (Lipinski definition) is 3. The van der Waals surface area contributed by atoms with E-state index in [0.717, 1.165) is 16.8 Å². The van der Waals surface area contributed by atoms with Crippen molar-refractivity contribution < 1.29 is 9.32 Å². The zero-order chi connectivity index (χ0) is 13.1. The van der Waals surface area contributed by atoms with Gasteiger partial charge in [-0.3, -0.25) is 10.1 Å². The van der Waals surface area contributed by atoms with E-state index in [0.29, 0.717) is 17.3 Å². The molecular weight excluding hydrogens is 252 g/mol. The van der Waals surface area contributed by atoms with Gasteiger partial charge in [0.2, 0.25) is 5.88 Å². The van der Waals surface area contributed by atoms with Gasteiger partial charge in [-0.05, 0) is 31.5 Å². The number of alkyl halides is 1. The molecule has 1 aromatic heterocycles. The second-order valence-corrected chi connectivity index (χ2v) is 4.27. The van der Waals surface area contributed by atoms with Gasteiger partial charge >= 0.3 is 0 Å². The summed E-state index contributed by atoms with van der Waals surface area (Å²) in [5.41, 5.74) is 3.13. The van der Waals surface area contributed by atoms with Crippen LogP contribution in [0.3, 0.4) is 0 Å². The van der Waals surface area contributed by atoms with Crippen molar-refractivity contribution in [1.82, 2.24) is 5.16 Å². The number of amides is 1. The molecule has 2 aromatic rings. The molecule has 4 nitrogen and oxygen atoms in total. The van der Waals surface area contributed by atoms with Crippen molar-refractivity contribution in [2.45, 2.75) is 19.7 Å². The zero-order valence-electron chi connectivity index (χ0n) is 10.2. The SMILES string of the molecule is Cc1noc(NC(=O)c2ccc(CCl)cc2)c1C. The molecular formula is C13H13ClN2O2. The third kappa shape index (κ3) is 2.54. The second kappa shape index (κ2) is 5.23. The predicted molar refractivity (Wildman–Crippen MR) is 69.9 cm³/mol. The monoisotopic (exact) mass is 264 g/mol. The number of carbonyl (C=O) groups excluding carboxylic acids is 1. The summed E-state index contributed by atoms with van der Waals surface area (Å²) in [5.74, 6) is 0.594. The van der Waals surface area contributed by atoms with E-state index in [-0.39, 0.29) is 5.91 Å². The number of aromatic nitrogens is 1. The molecule has 1 N–H and O–H groups in total. The maximum Gasteiger partial charge on any atom is 0.258 e. The Hall–Kier alpha value is -1.81. The quantitative estimate of drug-likeness (QED) is 0.866. The molecule has 0 saturated heterocycles. The van der Waals surface area contributed by atoms with Crippen LogP contribution in [0.25, 0.3) is 0 Å². The summed E-state index contributed by atoms with van der Waals surface area (Å²) >= 11 is 5.69. The smallest absolute Gasteiger partial charge is 0.258 e. The largest absolute Gasteiger partial charge is 0.338 e. The van der Waals surface area contributed by atoms with Crippen LogP contribution in [0.4, 0.5) is 5.88 Å². The van der Waals surface area contributed by atoms with E-state index in [1.54, 1.807) is 12.1 Å². The normalized spacial score (nSPS) is 10.4. The summed E-state index contributed by atoms with van der Waals surface area (Å²) in [6, 6.07) is 7.10. The Balaban J connectivity index is 2.14. The van der Waals surface area contributed by atoms with Crippen LogP contribution in [-0.2, 0) is 5.88 Å². The highest BCUT2D eigenvalue weighted by Gasteiger charge is 2.12. The molecule has 0 spiro atoms. The van der Waals surface area contributed by atoms with Gasteiger partial charge in [0.25, 0.3) is 5.91 Å². The van der Waals surface area contributed by atoms with Gasteiger partial charge in [-0.15, -0.1) is 11.6 Å². The number of halogens is 1. The second-order valence-electron chi connectivity index (χ2n) is 4.01. The standard InChI is InChI=1S/C13H13ClN2O2/c1-8-9(2)16-18-13(8)15-12(17)11-5-3-10(7-14)4-6-11/h3-6H,7H2,1-2H3,(H,15,17). The van der Waals surface area contributed by atoms with Gasteiger partial charge in [-0.2, -0.15) is 0 Å². The van der Waals surface area contributed by atoms with E-state index >= 15 is 0 Å². The Labute approximate surface area is 110 Å². The average Bonchev–Trinajstić information content (AvgIpc) is 2.71. The van der Waals surface area contributed by atoms with Crippen molar-refractivity contribution in [3.63, 3.8) is 0 Å². The van der Waals surface area contributed by atoms with E-state index in [1.165, 1.54) is 0 Å². The minimum absolute atomic E-state index is 0.227. The first-order valence-electron chi connectivity index (χ1n) is 5.51. The molecule has 0 saturated carbocycles. The fourth-order valence-corrected chi connectivity index (χ4v) is 1.63. The summed E-state index contributed by atoms with van der Waals surface area (Å²) in [6.07, 6.45) is 0. The van der Waals surface area contributed by atoms with Crippen LogP contribution in [-0.4, -0.2) is 11.1 Å². The summed E-state index contributed by atoms with van der Waals surface area (Å²) in [5, 5.41) is 6.47. The minimum atomic E-state index is -0.227. The first-order valence-corrected chi connectivity index (χ1v) is 6.04. The lowest BCUT2D eigenvalue weighted by molar-refractivity contribution is 0.102. The fourth-order valence-electron chi connectivity index (χ4n) is 1.45. The highest BCUT2D eigenvalue weighted by molar-refractivity contribution is 6.17. The van der Waals surface area contributed by atoms with Crippen LogP contribution in [0.2, 0.25) is 0 Å². The highest BCUT2D eigenvalue weighted by atomic mass is 35.5. The van der Waals surface area contributed by atoms with Crippen LogP contribution >= 0.6 is 11.6 Å². The lowest BCUT2D eigenvalue weighted by atomic mass is 10.1. The van der Waals surface area contributed by atoms with Gasteiger partial charge in [-0.1, -0.05) is 17.3 Å². The van der Waals surface area contributed by atoms with Gasteiger partial charge < -0.3 is 4.52 Å². The number of nitrogens with one attached hydrogen (secondary N) is 1. The summed E-state index contributed by atoms with van der Waals surface area (Å²) in [4.78, 5) is 11.9. The molecule has 0 aliphatic carbocycles. The summed E-state index contributed by atoms with van der Waals surface area (Å²) in [7, 11) is 0. The molecule has 0 unspecified atom stereocenters. The van der Waals surface area contributed by atoms with Crippen molar-refractivity contribution >= 4 is 23.4 Å². The van der Waals surface area contributed by atoms with Gasteiger partial charge in [0, 0.05) is 17.0 Å².